The number of benzene rings is 2. The molecule has 0 unspecified atom stereocenters. The number of aromatic amines is 1. The number of hydrogen-bond acceptors (Lipinski definition) is 4. The summed E-state index contributed by atoms with van der Waals surface area (Å²) in [5, 5.41) is 11.2. The number of anilines is 1. The normalized spacial score (nSPS) is 10.4. The van der Waals surface area contributed by atoms with Crippen molar-refractivity contribution in [3.8, 4) is 11.6 Å². The number of aromatic nitrogens is 2. The molecule has 0 saturated carbocycles. The van der Waals surface area contributed by atoms with Crippen LogP contribution in [0.1, 0.15) is 25.0 Å². The second kappa shape index (κ2) is 9.63. The Kier molecular flexibility index (Phi) is 6.95. The molecule has 5 nitrogen and oxygen atoms in total. The third kappa shape index (κ3) is 4.74. The Balaban J connectivity index is 1.95. The molecule has 2 N–H and O–H groups in total. The van der Waals surface area contributed by atoms with E-state index in [9.17, 15) is 9.90 Å². The number of aromatic hydroxyl groups is 1. The number of rotatable bonds is 6. The van der Waals surface area contributed by atoms with Crippen molar-refractivity contribution in [3.05, 3.63) is 85.5 Å². The predicted octanol–water partition coefficient (Wildman–Crippen LogP) is 5.43. The molecule has 7 heteroatoms. The van der Waals surface area contributed by atoms with E-state index in [2.05, 4.69) is 29.5 Å². The SMILES string of the molecule is CCN(CC)c1ccc(C=C=Cc2c(O)n(-c3ccc(Cl)cc3)c(=S)[nH]c2=O)cc1. The van der Waals surface area contributed by atoms with Gasteiger partial charge in [0, 0.05) is 23.8 Å². The third-order valence-corrected chi connectivity index (χ3v) is 5.24. The molecular weight excluding hydrogens is 418 g/mol. The maximum absolute atomic E-state index is 12.3. The summed E-state index contributed by atoms with van der Waals surface area (Å²) < 4.78 is 1.47. The molecule has 0 aliphatic rings. The van der Waals surface area contributed by atoms with Gasteiger partial charge in [-0.15, -0.1) is 5.73 Å². The van der Waals surface area contributed by atoms with Crippen LogP contribution in [0.3, 0.4) is 0 Å². The van der Waals surface area contributed by atoms with Crippen LogP contribution in [0.4, 0.5) is 5.69 Å². The van der Waals surface area contributed by atoms with Gasteiger partial charge in [0.2, 0.25) is 5.88 Å². The lowest BCUT2D eigenvalue weighted by molar-refractivity contribution is 0.432. The number of nitrogens with zero attached hydrogens (tertiary/aromatic N) is 2. The van der Waals surface area contributed by atoms with Crippen LogP contribution in [0, 0.1) is 4.77 Å². The van der Waals surface area contributed by atoms with Gasteiger partial charge in [-0.05, 0) is 80.2 Å². The van der Waals surface area contributed by atoms with Crippen molar-refractivity contribution in [2.45, 2.75) is 13.8 Å². The summed E-state index contributed by atoms with van der Waals surface area (Å²) in [5.74, 6) is -0.260. The van der Waals surface area contributed by atoms with E-state index in [1.165, 1.54) is 10.6 Å². The highest BCUT2D eigenvalue weighted by molar-refractivity contribution is 7.71. The van der Waals surface area contributed by atoms with E-state index in [1.54, 1.807) is 30.3 Å². The second-order valence-corrected chi connectivity index (χ2v) is 7.35. The highest BCUT2D eigenvalue weighted by Gasteiger charge is 2.11. The van der Waals surface area contributed by atoms with Gasteiger partial charge >= 0.3 is 0 Å². The first-order valence-electron chi connectivity index (χ1n) is 9.56. The molecule has 2 aromatic carbocycles. The summed E-state index contributed by atoms with van der Waals surface area (Å²) in [6, 6.07) is 14.8. The lowest BCUT2D eigenvalue weighted by Crippen LogP contribution is -2.21. The van der Waals surface area contributed by atoms with Crippen molar-refractivity contribution in [3.63, 3.8) is 0 Å². The lowest BCUT2D eigenvalue weighted by Gasteiger charge is -2.20. The molecule has 3 rings (SSSR count). The molecule has 0 atom stereocenters. The molecule has 1 aromatic heterocycles. The molecule has 0 saturated heterocycles. The van der Waals surface area contributed by atoms with E-state index in [4.69, 9.17) is 23.8 Å². The summed E-state index contributed by atoms with van der Waals surface area (Å²) in [4.78, 5) is 17.2. The monoisotopic (exact) mass is 439 g/mol. The van der Waals surface area contributed by atoms with Gasteiger partial charge in [0.1, 0.15) is 5.56 Å². The van der Waals surface area contributed by atoms with E-state index >= 15 is 0 Å². The Morgan fingerprint density at radius 3 is 2.33 bits per heavy atom. The van der Waals surface area contributed by atoms with E-state index in [0.717, 1.165) is 24.3 Å². The van der Waals surface area contributed by atoms with Crippen molar-refractivity contribution in [1.29, 1.82) is 0 Å². The second-order valence-electron chi connectivity index (χ2n) is 6.53. The van der Waals surface area contributed by atoms with Crippen LogP contribution in [0.25, 0.3) is 17.8 Å². The van der Waals surface area contributed by atoms with Gasteiger partial charge in [0.05, 0.1) is 5.69 Å². The highest BCUT2D eigenvalue weighted by Crippen LogP contribution is 2.22. The molecule has 3 aromatic rings. The summed E-state index contributed by atoms with van der Waals surface area (Å²) in [7, 11) is 0. The van der Waals surface area contributed by atoms with Gasteiger partial charge in [-0.25, -0.2) is 0 Å². The van der Waals surface area contributed by atoms with Gasteiger partial charge in [-0.3, -0.25) is 14.3 Å². The average Bonchev–Trinajstić information content (AvgIpc) is 2.73. The summed E-state index contributed by atoms with van der Waals surface area (Å²) in [6.45, 7) is 6.13. The zero-order chi connectivity index (χ0) is 21.7. The Morgan fingerprint density at radius 1 is 1.10 bits per heavy atom. The quantitative estimate of drug-likeness (QED) is 0.397. The zero-order valence-electron chi connectivity index (χ0n) is 16.7. The Hall–Kier alpha value is -3.05. The van der Waals surface area contributed by atoms with E-state index < -0.39 is 5.56 Å². The molecule has 0 fully saturated rings. The minimum absolute atomic E-state index is 0.0644. The largest absolute Gasteiger partial charge is 0.494 e. The Morgan fingerprint density at radius 2 is 1.73 bits per heavy atom. The fraction of sp³-hybridized carbons (Fsp3) is 0.174. The maximum Gasteiger partial charge on any atom is 0.263 e. The molecular formula is C23H22ClN3O2S. The minimum Gasteiger partial charge on any atom is -0.494 e. The van der Waals surface area contributed by atoms with Crippen LogP contribution in [0.2, 0.25) is 5.02 Å². The van der Waals surface area contributed by atoms with Crippen LogP contribution in [0.5, 0.6) is 5.88 Å². The predicted molar refractivity (Wildman–Crippen MR) is 126 cm³/mol. The third-order valence-electron chi connectivity index (χ3n) is 4.71. The van der Waals surface area contributed by atoms with Gasteiger partial charge in [0.15, 0.2) is 4.77 Å². The van der Waals surface area contributed by atoms with Crippen LogP contribution < -0.4 is 10.5 Å². The van der Waals surface area contributed by atoms with E-state index in [0.29, 0.717) is 10.7 Å². The first-order chi connectivity index (χ1) is 14.4. The van der Waals surface area contributed by atoms with Crippen LogP contribution in [0.15, 0.2) is 59.1 Å². The lowest BCUT2D eigenvalue weighted by atomic mass is 10.2. The van der Waals surface area contributed by atoms with E-state index in [1.807, 2.05) is 24.3 Å². The van der Waals surface area contributed by atoms with Crippen molar-refractivity contribution < 1.29 is 5.11 Å². The number of halogens is 1. The van der Waals surface area contributed by atoms with Gasteiger partial charge in [-0.2, -0.15) is 0 Å². The molecule has 0 amide bonds. The fourth-order valence-electron chi connectivity index (χ4n) is 3.09. The Labute approximate surface area is 185 Å². The minimum atomic E-state index is -0.486. The van der Waals surface area contributed by atoms with Crippen LogP contribution >= 0.6 is 23.8 Å². The maximum atomic E-state index is 12.3. The van der Waals surface area contributed by atoms with E-state index in [-0.39, 0.29) is 16.2 Å². The molecule has 0 aliphatic heterocycles. The van der Waals surface area contributed by atoms with Gasteiger partial charge < -0.3 is 10.0 Å². The fourth-order valence-corrected chi connectivity index (χ4v) is 3.50. The van der Waals surface area contributed by atoms with Crippen molar-refractivity contribution in [2.24, 2.45) is 0 Å². The first-order valence-corrected chi connectivity index (χ1v) is 10.3. The van der Waals surface area contributed by atoms with Crippen LogP contribution in [-0.4, -0.2) is 27.7 Å². The van der Waals surface area contributed by atoms with Crippen molar-refractivity contribution >= 4 is 41.7 Å². The number of nitrogens with one attached hydrogen (secondary N) is 1. The molecule has 0 radical (unpaired) electrons. The zero-order valence-corrected chi connectivity index (χ0v) is 18.3. The number of H-pyrrole nitrogens is 1. The van der Waals surface area contributed by atoms with Crippen LogP contribution in [-0.2, 0) is 0 Å². The molecule has 30 heavy (non-hydrogen) atoms. The standard InChI is InChI=1S/C23H22ClN3O2S/c1-3-26(4-2)18-12-8-16(9-13-18)6-5-7-20-21(28)25-23(30)27(22(20)29)19-14-10-17(24)11-15-19/h6-15,29H,3-4H2,1-2H3,(H,25,28,30). The topological polar surface area (TPSA) is 61.3 Å². The highest BCUT2D eigenvalue weighted by atomic mass is 35.5. The van der Waals surface area contributed by atoms with Crippen molar-refractivity contribution in [1.82, 2.24) is 9.55 Å². The first kappa shape index (κ1) is 21.7. The average molecular weight is 440 g/mol. The summed E-state index contributed by atoms with van der Waals surface area (Å²) in [6.07, 6.45) is 3.19. The number of hydrogen-bond donors (Lipinski definition) is 2. The molecule has 0 spiro atoms. The summed E-state index contributed by atoms with van der Waals surface area (Å²) >= 11 is 11.1. The molecule has 0 aliphatic carbocycles. The smallest absolute Gasteiger partial charge is 0.263 e. The molecule has 1 heterocycles. The summed E-state index contributed by atoms with van der Waals surface area (Å²) in [5.41, 5.74) is 5.22. The van der Waals surface area contributed by atoms with Crippen molar-refractivity contribution in [2.75, 3.05) is 18.0 Å². The Bertz CT molecular complexity index is 1200. The van der Waals surface area contributed by atoms with Gasteiger partial charge in [-0.1, -0.05) is 23.7 Å². The molecule has 154 valence electrons. The molecule has 0 bridgehead atoms. The van der Waals surface area contributed by atoms with Gasteiger partial charge in [0.25, 0.3) is 5.56 Å².